The van der Waals surface area contributed by atoms with E-state index >= 15 is 0 Å². The van der Waals surface area contributed by atoms with Gasteiger partial charge < -0.3 is 14.8 Å². The van der Waals surface area contributed by atoms with Crippen molar-refractivity contribution in [3.05, 3.63) is 0 Å². The van der Waals surface area contributed by atoms with E-state index in [-0.39, 0.29) is 23.8 Å². The maximum Gasteiger partial charge on any atom is 0.311 e. The van der Waals surface area contributed by atoms with Gasteiger partial charge in [-0.15, -0.1) is 0 Å². The molecule has 5 rings (SSSR count). The molecule has 19 heavy (non-hydrogen) atoms. The predicted molar refractivity (Wildman–Crippen MR) is 62.6 cm³/mol. The number of carbonyl (C=O) groups is 1. The molecule has 106 valence electrons. The van der Waals surface area contributed by atoms with E-state index in [9.17, 15) is 4.79 Å². The van der Waals surface area contributed by atoms with Gasteiger partial charge in [0.2, 0.25) is 12.1 Å². The molecule has 0 amide bonds. The molecule has 0 saturated carbocycles. The van der Waals surface area contributed by atoms with Crippen molar-refractivity contribution in [1.29, 1.82) is 0 Å². The highest BCUT2D eigenvalue weighted by atomic mass is 17.3. The molecule has 0 aromatic rings. The number of fused-ring (bicyclic) bond motifs is 2. The fraction of sp³-hybridized carbons (Fsp3) is 0.923. The molecule has 0 aliphatic carbocycles. The molecule has 5 fully saturated rings. The third kappa shape index (κ3) is 1.43. The Balaban J connectivity index is 1.82. The third-order valence-corrected chi connectivity index (χ3v) is 5.14. The van der Waals surface area contributed by atoms with Gasteiger partial charge >= 0.3 is 5.97 Å². The number of ether oxygens (including phenoxy) is 2. The van der Waals surface area contributed by atoms with Crippen LogP contribution < -0.4 is 5.32 Å². The average Bonchev–Trinajstić information content (AvgIpc) is 2.61. The lowest BCUT2D eigenvalue weighted by Gasteiger charge is -2.56. The molecule has 5 aliphatic heterocycles. The van der Waals surface area contributed by atoms with Crippen LogP contribution in [0.15, 0.2) is 0 Å². The van der Waals surface area contributed by atoms with Crippen LogP contribution in [0.3, 0.4) is 0 Å². The molecule has 1 spiro atoms. The zero-order valence-electron chi connectivity index (χ0n) is 11.2. The van der Waals surface area contributed by atoms with Crippen molar-refractivity contribution >= 4 is 5.97 Å². The molecule has 5 aliphatic rings. The van der Waals surface area contributed by atoms with E-state index < -0.39 is 17.7 Å². The van der Waals surface area contributed by atoms with Crippen LogP contribution in [0.25, 0.3) is 0 Å². The molecule has 2 bridgehead atoms. The first-order chi connectivity index (χ1) is 9.05. The highest BCUT2D eigenvalue weighted by Gasteiger charge is 2.69. The van der Waals surface area contributed by atoms with Gasteiger partial charge in [-0.25, -0.2) is 9.78 Å². The van der Waals surface area contributed by atoms with E-state index in [0.717, 1.165) is 25.8 Å². The Morgan fingerprint density at radius 3 is 3.00 bits per heavy atom. The summed E-state index contributed by atoms with van der Waals surface area (Å²) in [7, 11) is 0. The minimum Gasteiger partial charge on any atom is -0.432 e. The quantitative estimate of drug-likeness (QED) is 0.516. The summed E-state index contributed by atoms with van der Waals surface area (Å²) >= 11 is 0. The highest BCUT2D eigenvalue weighted by molar-refractivity contribution is 5.74. The van der Waals surface area contributed by atoms with Gasteiger partial charge in [0.05, 0.1) is 5.92 Å². The highest BCUT2D eigenvalue weighted by Crippen LogP contribution is 2.53. The summed E-state index contributed by atoms with van der Waals surface area (Å²) in [6, 6.07) is 0.108. The Bertz CT molecular complexity index is 429. The summed E-state index contributed by atoms with van der Waals surface area (Å²) < 4.78 is 11.4. The third-order valence-electron chi connectivity index (χ3n) is 5.14. The number of hydrogen-bond acceptors (Lipinski definition) is 6. The van der Waals surface area contributed by atoms with Crippen molar-refractivity contribution < 1.29 is 24.0 Å². The maximum absolute atomic E-state index is 12.0. The van der Waals surface area contributed by atoms with E-state index in [4.69, 9.17) is 19.2 Å². The molecule has 6 atom stereocenters. The van der Waals surface area contributed by atoms with Crippen LogP contribution >= 0.6 is 0 Å². The number of carbonyl (C=O) groups excluding carboxylic acids is 1. The molecule has 0 aromatic heterocycles. The van der Waals surface area contributed by atoms with E-state index in [1.807, 2.05) is 13.8 Å². The van der Waals surface area contributed by atoms with Crippen LogP contribution in [0.1, 0.15) is 33.1 Å². The van der Waals surface area contributed by atoms with Gasteiger partial charge in [0.25, 0.3) is 0 Å². The summed E-state index contributed by atoms with van der Waals surface area (Å²) in [6.45, 7) is 4.63. The van der Waals surface area contributed by atoms with Crippen molar-refractivity contribution in [3.8, 4) is 0 Å². The molecule has 6 heteroatoms. The topological polar surface area (TPSA) is 66.0 Å². The lowest BCUT2D eigenvalue weighted by Crippen LogP contribution is -2.73. The lowest BCUT2D eigenvalue weighted by molar-refractivity contribution is -0.554. The Kier molecular flexibility index (Phi) is 2.35. The molecular weight excluding hydrogens is 250 g/mol. The molecule has 1 N–H and O–H groups in total. The summed E-state index contributed by atoms with van der Waals surface area (Å²) in [6.07, 6.45) is 1.82. The molecule has 5 heterocycles. The predicted octanol–water partition coefficient (Wildman–Crippen LogP) is 0.711. The largest absolute Gasteiger partial charge is 0.432 e. The molecule has 0 unspecified atom stereocenters. The second-order valence-electron chi connectivity index (χ2n) is 6.27. The Morgan fingerprint density at radius 1 is 1.32 bits per heavy atom. The van der Waals surface area contributed by atoms with Gasteiger partial charge in [0, 0.05) is 18.4 Å². The Morgan fingerprint density at radius 2 is 2.16 bits per heavy atom. The summed E-state index contributed by atoms with van der Waals surface area (Å²) in [5.74, 6) is -1.12. The molecule has 5 saturated heterocycles. The number of piperidine rings is 1. The van der Waals surface area contributed by atoms with Gasteiger partial charge in [0.15, 0.2) is 5.60 Å². The monoisotopic (exact) mass is 269 g/mol. The first kappa shape index (κ1) is 12.1. The summed E-state index contributed by atoms with van der Waals surface area (Å²) in [5.41, 5.74) is -0.693. The van der Waals surface area contributed by atoms with Crippen LogP contribution in [-0.2, 0) is 24.0 Å². The van der Waals surface area contributed by atoms with Crippen LogP contribution in [0.2, 0.25) is 0 Å². The maximum atomic E-state index is 12.0. The molecule has 6 nitrogen and oxygen atoms in total. The Hall–Kier alpha value is -0.690. The van der Waals surface area contributed by atoms with Gasteiger partial charge in [-0.2, -0.15) is 0 Å². The van der Waals surface area contributed by atoms with Crippen LogP contribution in [0, 0.1) is 11.8 Å². The fourth-order valence-corrected chi connectivity index (χ4v) is 4.02. The second kappa shape index (κ2) is 3.69. The first-order valence-corrected chi connectivity index (χ1v) is 7.04. The molecule has 0 aromatic carbocycles. The summed E-state index contributed by atoms with van der Waals surface area (Å²) in [4.78, 5) is 23.4. The van der Waals surface area contributed by atoms with Crippen molar-refractivity contribution in [2.45, 2.75) is 56.8 Å². The molecular formula is C13H19NO5. The zero-order valence-corrected chi connectivity index (χ0v) is 11.2. The van der Waals surface area contributed by atoms with Gasteiger partial charge in [-0.3, -0.25) is 4.79 Å². The number of esters is 1. The van der Waals surface area contributed by atoms with E-state index in [1.165, 1.54) is 0 Å². The normalized spacial score (nSPS) is 56.2. The van der Waals surface area contributed by atoms with Crippen LogP contribution in [-0.4, -0.2) is 36.2 Å². The standard InChI is InChI=1S/C13H19NO5/c1-7-8-4-6-14-9-3-5-12(2)17-11(16-10(7)15)13(8,9)19-18-12/h7-9,11,14H,3-6H2,1-2H3/t7-,8+,9-,11-,12-,13+/m1/s1. The lowest BCUT2D eigenvalue weighted by atomic mass is 9.68. The van der Waals surface area contributed by atoms with Gasteiger partial charge in [-0.1, -0.05) is 6.92 Å². The smallest absolute Gasteiger partial charge is 0.311 e. The zero-order chi connectivity index (χ0) is 13.3. The first-order valence-electron chi connectivity index (χ1n) is 7.04. The minimum atomic E-state index is -0.819. The fourth-order valence-electron chi connectivity index (χ4n) is 4.02. The number of nitrogens with one attached hydrogen (secondary N) is 1. The SMILES string of the molecule is C[C@H]1C(=O)O[C@@H]2O[C@@]3(C)CC[C@H]4NCC[C@@H]1[C@@]24OO3. The van der Waals surface area contributed by atoms with Crippen LogP contribution in [0.5, 0.6) is 0 Å². The molecule has 0 radical (unpaired) electrons. The van der Waals surface area contributed by atoms with Gasteiger partial charge in [0.1, 0.15) is 0 Å². The Labute approximate surface area is 111 Å². The van der Waals surface area contributed by atoms with E-state index in [1.54, 1.807) is 0 Å². The van der Waals surface area contributed by atoms with Crippen molar-refractivity contribution in [2.24, 2.45) is 11.8 Å². The van der Waals surface area contributed by atoms with Crippen molar-refractivity contribution in [1.82, 2.24) is 5.32 Å². The second-order valence-corrected chi connectivity index (χ2v) is 6.27. The van der Waals surface area contributed by atoms with E-state index in [2.05, 4.69) is 5.32 Å². The van der Waals surface area contributed by atoms with Crippen molar-refractivity contribution in [3.63, 3.8) is 0 Å². The summed E-state index contributed by atoms with van der Waals surface area (Å²) in [5, 5.41) is 3.48. The van der Waals surface area contributed by atoms with Crippen molar-refractivity contribution in [2.75, 3.05) is 6.54 Å². The van der Waals surface area contributed by atoms with E-state index in [0.29, 0.717) is 0 Å². The number of rotatable bonds is 0. The minimum absolute atomic E-state index is 0.0765. The number of hydrogen-bond donors (Lipinski definition) is 1. The average molecular weight is 269 g/mol. The van der Waals surface area contributed by atoms with Gasteiger partial charge in [-0.05, 0) is 26.3 Å². The van der Waals surface area contributed by atoms with Crippen LogP contribution in [0.4, 0.5) is 0 Å².